The molecule has 1 amide bonds. The van der Waals surface area contributed by atoms with Gasteiger partial charge in [-0.25, -0.2) is 4.79 Å². The highest BCUT2D eigenvalue weighted by atomic mass is 32.2. The summed E-state index contributed by atoms with van der Waals surface area (Å²) in [6, 6.07) is 22.0. The molecule has 1 fully saturated rings. The van der Waals surface area contributed by atoms with Gasteiger partial charge < -0.3 is 30.1 Å². The summed E-state index contributed by atoms with van der Waals surface area (Å²) in [7, 11) is 0. The quantitative estimate of drug-likeness (QED) is 0.204. The molecule has 0 aromatic heterocycles. The monoisotopic (exact) mass is 579 g/mol. The zero-order valence-corrected chi connectivity index (χ0v) is 23.2. The fourth-order valence-electron chi connectivity index (χ4n) is 4.39. The van der Waals surface area contributed by atoms with Crippen molar-refractivity contribution in [1.29, 1.82) is 0 Å². The van der Waals surface area contributed by atoms with Crippen LogP contribution in [0.2, 0.25) is 0 Å². The van der Waals surface area contributed by atoms with E-state index in [0.29, 0.717) is 25.1 Å². The van der Waals surface area contributed by atoms with E-state index >= 15 is 0 Å². The predicted octanol–water partition coefficient (Wildman–Crippen LogP) is 5.09. The van der Waals surface area contributed by atoms with E-state index in [1.165, 1.54) is 0 Å². The van der Waals surface area contributed by atoms with Crippen molar-refractivity contribution in [3.63, 3.8) is 0 Å². The molecule has 3 aromatic carbocycles. The molecule has 3 aromatic rings. The number of amides is 1. The highest BCUT2D eigenvalue weighted by Gasteiger charge is 2.32. The Morgan fingerprint density at radius 3 is 2.12 bits per heavy atom. The minimum atomic E-state index is -0.962. The number of ether oxygens (including phenoxy) is 2. The van der Waals surface area contributed by atoms with Crippen LogP contribution < -0.4 is 5.32 Å². The van der Waals surface area contributed by atoms with Crippen LogP contribution in [0, 0.1) is 0 Å². The zero-order chi connectivity index (χ0) is 29.2. The maximum atomic E-state index is 12.0. The van der Waals surface area contributed by atoms with Gasteiger partial charge >= 0.3 is 11.9 Å². The van der Waals surface area contributed by atoms with E-state index in [4.69, 9.17) is 19.7 Å². The number of aliphatic hydroxyl groups is 1. The van der Waals surface area contributed by atoms with E-state index in [1.807, 2.05) is 48.5 Å². The van der Waals surface area contributed by atoms with Crippen molar-refractivity contribution in [2.45, 2.75) is 62.2 Å². The lowest BCUT2D eigenvalue weighted by Gasteiger charge is -2.36. The van der Waals surface area contributed by atoms with Crippen LogP contribution in [0.15, 0.2) is 77.7 Å². The number of carbonyl (C=O) groups excluding carboxylic acids is 1. The smallest absolute Gasteiger partial charge is 0.335 e. The summed E-state index contributed by atoms with van der Waals surface area (Å²) in [5.41, 5.74) is 3.77. The summed E-state index contributed by atoms with van der Waals surface area (Å²) in [6.45, 7) is 0.297. The zero-order valence-electron chi connectivity index (χ0n) is 22.4. The number of nitrogens with one attached hydrogen (secondary N) is 1. The molecular formula is C31H33NO8S. The molecule has 0 aliphatic carbocycles. The van der Waals surface area contributed by atoms with Gasteiger partial charge in [-0.3, -0.25) is 9.59 Å². The van der Waals surface area contributed by atoms with Crippen LogP contribution in [0.3, 0.4) is 0 Å². The van der Waals surface area contributed by atoms with Gasteiger partial charge in [0.2, 0.25) is 5.91 Å². The Bertz CT molecular complexity index is 1310. The standard InChI is InChI=1S/C31H33NO8S/c33-18-21-6-8-22(9-7-21)27-16-25(19-41-26-14-12-23(13-15-26)30(37)38)39-31(40-27)24-10-4-20(5-11-24)17-32-28(34)2-1-3-29(35)36/h4-15,25,27,31,33H,1-3,16-19H2,(H,32,34)(H,35,36)(H,37,38)/t25-,27+,31+/m1/s1. The number of carboxylic acids is 2. The molecule has 1 heterocycles. The molecular weight excluding hydrogens is 546 g/mol. The van der Waals surface area contributed by atoms with Crippen molar-refractivity contribution >= 4 is 29.6 Å². The lowest BCUT2D eigenvalue weighted by molar-refractivity contribution is -0.245. The average Bonchev–Trinajstić information content (AvgIpc) is 2.99. The topological polar surface area (TPSA) is 142 Å². The summed E-state index contributed by atoms with van der Waals surface area (Å²) in [5.74, 6) is -1.43. The second-order valence-corrected chi connectivity index (χ2v) is 10.8. The molecule has 41 heavy (non-hydrogen) atoms. The van der Waals surface area contributed by atoms with Gasteiger partial charge in [0, 0.05) is 42.0 Å². The molecule has 4 rings (SSSR count). The fourth-order valence-corrected chi connectivity index (χ4v) is 5.31. The van der Waals surface area contributed by atoms with Gasteiger partial charge in [0.05, 0.1) is 24.4 Å². The maximum Gasteiger partial charge on any atom is 0.335 e. The molecule has 216 valence electrons. The van der Waals surface area contributed by atoms with Crippen LogP contribution in [-0.4, -0.2) is 45.0 Å². The van der Waals surface area contributed by atoms with E-state index in [1.54, 1.807) is 36.0 Å². The van der Waals surface area contributed by atoms with Crippen molar-refractivity contribution < 1.29 is 39.2 Å². The molecule has 0 bridgehead atoms. The Labute approximate surface area is 242 Å². The van der Waals surface area contributed by atoms with Crippen LogP contribution in [0.4, 0.5) is 0 Å². The van der Waals surface area contributed by atoms with Gasteiger partial charge in [-0.1, -0.05) is 48.5 Å². The lowest BCUT2D eigenvalue weighted by Crippen LogP contribution is -2.31. The number of rotatable bonds is 13. The predicted molar refractivity (Wildman–Crippen MR) is 152 cm³/mol. The van der Waals surface area contributed by atoms with Crippen molar-refractivity contribution in [3.05, 3.63) is 101 Å². The number of aliphatic hydroxyl groups excluding tert-OH is 1. The number of benzene rings is 3. The second kappa shape index (κ2) is 14.8. The molecule has 0 radical (unpaired) electrons. The Kier molecular flexibility index (Phi) is 10.9. The van der Waals surface area contributed by atoms with Gasteiger partial charge in [-0.05, 0) is 47.4 Å². The molecule has 0 spiro atoms. The van der Waals surface area contributed by atoms with Gasteiger partial charge in [0.1, 0.15) is 0 Å². The Morgan fingerprint density at radius 1 is 0.829 bits per heavy atom. The summed E-state index contributed by atoms with van der Waals surface area (Å²) in [6.07, 6.45) is 0.0569. The lowest BCUT2D eigenvalue weighted by atomic mass is 10.0. The van der Waals surface area contributed by atoms with Crippen molar-refractivity contribution in [2.24, 2.45) is 0 Å². The van der Waals surface area contributed by atoms with Crippen LogP contribution in [0.1, 0.15) is 70.7 Å². The molecule has 3 atom stereocenters. The Hall–Kier alpha value is -3.70. The average molecular weight is 580 g/mol. The molecule has 1 saturated heterocycles. The maximum absolute atomic E-state index is 12.0. The van der Waals surface area contributed by atoms with E-state index in [-0.39, 0.29) is 43.1 Å². The Morgan fingerprint density at radius 2 is 1.49 bits per heavy atom. The third kappa shape index (κ3) is 9.15. The molecule has 1 aliphatic rings. The minimum absolute atomic E-state index is 0.0351. The number of aliphatic carboxylic acids is 1. The van der Waals surface area contributed by atoms with E-state index in [9.17, 15) is 19.5 Å². The first kappa shape index (κ1) is 30.3. The Balaban J connectivity index is 1.41. The van der Waals surface area contributed by atoms with E-state index in [0.717, 1.165) is 27.1 Å². The van der Waals surface area contributed by atoms with E-state index in [2.05, 4.69) is 5.32 Å². The molecule has 9 nitrogen and oxygen atoms in total. The SMILES string of the molecule is O=C(O)CCCC(=O)NCc1ccc([C@H]2O[C@@H](CSc3ccc(C(=O)O)cc3)C[C@@H](c3ccc(CO)cc3)O2)cc1. The first-order valence-electron chi connectivity index (χ1n) is 13.3. The summed E-state index contributed by atoms with van der Waals surface area (Å²) in [4.78, 5) is 34.7. The summed E-state index contributed by atoms with van der Waals surface area (Å²) in [5, 5.41) is 30.1. The first-order chi connectivity index (χ1) is 19.8. The molecule has 4 N–H and O–H groups in total. The third-order valence-electron chi connectivity index (χ3n) is 6.69. The third-order valence-corrected chi connectivity index (χ3v) is 7.83. The summed E-state index contributed by atoms with van der Waals surface area (Å²) >= 11 is 1.59. The first-order valence-corrected chi connectivity index (χ1v) is 14.3. The van der Waals surface area contributed by atoms with Crippen LogP contribution in [0.5, 0.6) is 0 Å². The van der Waals surface area contributed by atoms with Crippen LogP contribution in [-0.2, 0) is 32.2 Å². The molecule has 10 heteroatoms. The van der Waals surface area contributed by atoms with Crippen molar-refractivity contribution in [3.8, 4) is 0 Å². The fraction of sp³-hybridized carbons (Fsp3) is 0.323. The normalized spacial score (nSPS) is 18.5. The van der Waals surface area contributed by atoms with Crippen LogP contribution >= 0.6 is 11.8 Å². The minimum Gasteiger partial charge on any atom is -0.481 e. The number of hydrogen-bond acceptors (Lipinski definition) is 7. The van der Waals surface area contributed by atoms with Gasteiger partial charge in [-0.15, -0.1) is 11.8 Å². The summed E-state index contributed by atoms with van der Waals surface area (Å²) < 4.78 is 12.7. The highest BCUT2D eigenvalue weighted by Crippen LogP contribution is 2.39. The largest absolute Gasteiger partial charge is 0.481 e. The molecule has 0 saturated carbocycles. The number of aromatic carboxylic acids is 1. The number of carbonyl (C=O) groups is 3. The van der Waals surface area contributed by atoms with Crippen molar-refractivity contribution in [2.75, 3.05) is 5.75 Å². The van der Waals surface area contributed by atoms with Gasteiger partial charge in [0.15, 0.2) is 6.29 Å². The molecule has 1 aliphatic heterocycles. The number of carboxylic acid groups (broad SMARTS) is 2. The number of thioether (sulfide) groups is 1. The molecule has 0 unspecified atom stereocenters. The van der Waals surface area contributed by atoms with Gasteiger partial charge in [0.25, 0.3) is 0 Å². The number of hydrogen-bond donors (Lipinski definition) is 4. The second-order valence-electron chi connectivity index (χ2n) is 9.76. The van der Waals surface area contributed by atoms with Crippen molar-refractivity contribution in [1.82, 2.24) is 5.32 Å². The highest BCUT2D eigenvalue weighted by molar-refractivity contribution is 7.99. The van der Waals surface area contributed by atoms with E-state index < -0.39 is 18.2 Å². The van der Waals surface area contributed by atoms with Crippen LogP contribution in [0.25, 0.3) is 0 Å². The van der Waals surface area contributed by atoms with Gasteiger partial charge in [-0.2, -0.15) is 0 Å².